The van der Waals surface area contributed by atoms with Crippen LogP contribution in [0.2, 0.25) is 0 Å². The Bertz CT molecular complexity index is 1440. The quantitative estimate of drug-likeness (QED) is 0.276. The molecule has 0 N–H and O–H groups in total. The molecule has 0 amide bonds. The number of hydrogen-bond donors (Lipinski definition) is 0. The number of benzene rings is 1. The van der Waals surface area contributed by atoms with Gasteiger partial charge in [-0.15, -0.1) is 0 Å². The Kier molecular flexibility index (Phi) is 8.11. The number of carboxylic acid groups (broad SMARTS) is 1. The molecule has 0 spiro atoms. The van der Waals surface area contributed by atoms with Crippen molar-refractivity contribution in [3.05, 3.63) is 71.8 Å². The first-order valence-electron chi connectivity index (χ1n) is 9.83. The molecule has 4 rings (SSSR count). The van der Waals surface area contributed by atoms with E-state index in [2.05, 4.69) is 15.1 Å². The van der Waals surface area contributed by atoms with E-state index in [1.807, 2.05) is 0 Å². The minimum absolute atomic E-state index is 0. The van der Waals surface area contributed by atoms with Crippen LogP contribution < -0.4 is 65.5 Å². The van der Waals surface area contributed by atoms with E-state index in [1.165, 1.54) is 42.3 Å². The number of nitrogens with zero attached hydrogens (tertiary/aromatic N) is 5. The molecule has 0 unspecified atom stereocenters. The van der Waals surface area contributed by atoms with Gasteiger partial charge in [0, 0.05) is 31.2 Å². The Balaban J connectivity index is 0.00000324. The second-order valence-electron chi connectivity index (χ2n) is 7.26. The third kappa shape index (κ3) is 4.87. The number of aryl methyl sites for hydroxylation is 2. The fourth-order valence-electron chi connectivity index (χ4n) is 3.62. The molecular formula is C22H20KN5O5S. The van der Waals surface area contributed by atoms with Crippen molar-refractivity contribution in [2.75, 3.05) is 11.4 Å². The second kappa shape index (κ2) is 10.5. The van der Waals surface area contributed by atoms with Crippen LogP contribution in [-0.2, 0) is 23.6 Å². The second-order valence-corrected chi connectivity index (χ2v) is 9.13. The van der Waals surface area contributed by atoms with Gasteiger partial charge in [-0.2, -0.15) is 5.10 Å². The van der Waals surface area contributed by atoms with Crippen molar-refractivity contribution in [1.29, 1.82) is 0 Å². The van der Waals surface area contributed by atoms with E-state index < -0.39 is 16.0 Å². The molecule has 1 aromatic carbocycles. The fourth-order valence-corrected chi connectivity index (χ4v) is 5.10. The average molecular weight is 506 g/mol. The van der Waals surface area contributed by atoms with Gasteiger partial charge in [-0.3, -0.25) is 14.0 Å². The van der Waals surface area contributed by atoms with Gasteiger partial charge in [-0.25, -0.2) is 13.4 Å². The van der Waals surface area contributed by atoms with Crippen LogP contribution in [-0.4, -0.2) is 41.2 Å². The predicted octanol–water partition coefficient (Wildman–Crippen LogP) is -1.56. The van der Waals surface area contributed by atoms with Crippen molar-refractivity contribution in [2.24, 2.45) is 7.05 Å². The Morgan fingerprint density at radius 1 is 1.18 bits per heavy atom. The molecule has 0 radical (unpaired) electrons. The van der Waals surface area contributed by atoms with E-state index in [1.54, 1.807) is 32.3 Å². The van der Waals surface area contributed by atoms with Crippen molar-refractivity contribution < 1.29 is 74.4 Å². The Morgan fingerprint density at radius 2 is 1.88 bits per heavy atom. The molecule has 0 saturated heterocycles. The molecule has 0 fully saturated rings. The Hall–Kier alpha value is -2.35. The van der Waals surface area contributed by atoms with E-state index in [0.29, 0.717) is 28.0 Å². The van der Waals surface area contributed by atoms with Gasteiger partial charge in [-0.05, 0) is 42.8 Å². The zero-order valence-corrected chi connectivity index (χ0v) is 23.0. The maximum atomic E-state index is 13.9. The Morgan fingerprint density at radius 3 is 2.47 bits per heavy atom. The molecule has 12 heteroatoms. The van der Waals surface area contributed by atoms with Crippen LogP contribution in [0.3, 0.4) is 0 Å². The maximum Gasteiger partial charge on any atom is 1.00 e. The van der Waals surface area contributed by atoms with Gasteiger partial charge < -0.3 is 14.6 Å². The summed E-state index contributed by atoms with van der Waals surface area (Å²) in [5, 5.41) is 16.7. The van der Waals surface area contributed by atoms with Gasteiger partial charge in [0.25, 0.3) is 10.0 Å². The summed E-state index contributed by atoms with van der Waals surface area (Å²) in [7, 11) is -1.12. The van der Waals surface area contributed by atoms with Gasteiger partial charge in [0.15, 0.2) is 5.65 Å². The number of aromatic nitrogens is 4. The number of anilines is 1. The van der Waals surface area contributed by atoms with Gasteiger partial charge in [0.05, 0.1) is 41.3 Å². The van der Waals surface area contributed by atoms with Crippen molar-refractivity contribution in [3.63, 3.8) is 0 Å². The van der Waals surface area contributed by atoms with Gasteiger partial charge in [-0.1, -0.05) is 6.07 Å². The first-order chi connectivity index (χ1) is 15.7. The molecule has 3 heterocycles. The summed E-state index contributed by atoms with van der Waals surface area (Å²) >= 11 is 0. The number of carbonyl (C=O) groups excluding carboxylic acids is 1. The summed E-state index contributed by atoms with van der Waals surface area (Å²) in [5.41, 5.74) is 0.906. The van der Waals surface area contributed by atoms with Crippen molar-refractivity contribution in [1.82, 2.24) is 19.7 Å². The maximum absolute atomic E-state index is 13.9. The fraction of sp³-hybridized carbons (Fsp3) is 0.182. The first kappa shape index (κ1) is 26.3. The molecule has 0 atom stereocenters. The normalized spacial score (nSPS) is 11.1. The minimum atomic E-state index is -4.24. The molecule has 0 aliphatic carbocycles. The zero-order valence-electron chi connectivity index (χ0n) is 19.1. The van der Waals surface area contributed by atoms with Crippen LogP contribution >= 0.6 is 0 Å². The molecule has 10 nitrogen and oxygen atoms in total. The van der Waals surface area contributed by atoms with E-state index in [4.69, 9.17) is 4.74 Å². The summed E-state index contributed by atoms with van der Waals surface area (Å²) in [6.07, 6.45) is 4.17. The molecule has 0 aliphatic rings. The predicted molar refractivity (Wildman–Crippen MR) is 118 cm³/mol. The smallest absolute Gasteiger partial charge is 0.545 e. The number of aromatic carboxylic acids is 1. The molecule has 0 saturated carbocycles. The summed E-state index contributed by atoms with van der Waals surface area (Å²) in [6.45, 7) is 1.49. The monoisotopic (exact) mass is 505 g/mol. The summed E-state index contributed by atoms with van der Waals surface area (Å²) < 4.78 is 35.4. The Labute approximate surface area is 239 Å². The molecular weight excluding hydrogens is 485 g/mol. The van der Waals surface area contributed by atoms with Crippen molar-refractivity contribution in [2.45, 2.75) is 18.4 Å². The van der Waals surface area contributed by atoms with Crippen LogP contribution in [0.5, 0.6) is 5.75 Å². The van der Waals surface area contributed by atoms with Gasteiger partial charge in [0.1, 0.15) is 5.75 Å². The zero-order chi connectivity index (χ0) is 23.8. The number of methoxy groups -OCH3 is 1. The number of fused-ring (bicyclic) bond motifs is 1. The summed E-state index contributed by atoms with van der Waals surface area (Å²) in [4.78, 5) is 20.3. The topological polar surface area (TPSA) is 130 Å². The molecule has 0 bridgehead atoms. The number of rotatable bonds is 7. The van der Waals surface area contributed by atoms with E-state index in [-0.39, 0.29) is 74.1 Å². The number of carbonyl (C=O) groups is 1. The molecule has 3 aromatic heterocycles. The van der Waals surface area contributed by atoms with E-state index >= 15 is 0 Å². The molecule has 34 heavy (non-hydrogen) atoms. The van der Waals surface area contributed by atoms with Crippen LogP contribution in [0.25, 0.3) is 11.0 Å². The SMILES string of the molecule is COc1ccc(S(=O)(=O)N(Cc2cccnc2)c2c(C(=O)[O-])cnc3c2c(C)nn3C)cc1.[K+]. The van der Waals surface area contributed by atoms with Crippen LogP contribution in [0.4, 0.5) is 5.69 Å². The molecule has 170 valence electrons. The van der Waals surface area contributed by atoms with Crippen LogP contribution in [0.15, 0.2) is 59.9 Å². The molecule has 4 aromatic rings. The third-order valence-corrected chi connectivity index (χ3v) is 6.93. The summed E-state index contributed by atoms with van der Waals surface area (Å²) in [6, 6.07) is 9.22. The number of carboxylic acids is 1. The van der Waals surface area contributed by atoms with Crippen molar-refractivity contribution >= 4 is 32.7 Å². The third-order valence-electron chi connectivity index (χ3n) is 5.17. The largest absolute Gasteiger partial charge is 1.00 e. The number of ether oxygens (including phenoxy) is 1. The number of pyridine rings is 2. The van der Waals surface area contributed by atoms with Crippen LogP contribution in [0.1, 0.15) is 21.6 Å². The standard InChI is InChI=1S/C22H21N5O5S.K/c1-14-19-20(18(22(28)29)12-24-21(19)26(2)25-14)27(13-15-5-4-10-23-11-15)33(30,31)17-8-6-16(32-3)7-9-17;/h4-12H,13H2,1-3H3,(H,28,29);/q;+1/p-1. The van der Waals surface area contributed by atoms with Crippen molar-refractivity contribution in [3.8, 4) is 5.75 Å². The van der Waals surface area contributed by atoms with E-state index in [0.717, 1.165) is 10.5 Å². The molecule has 0 aliphatic heterocycles. The average Bonchev–Trinajstić information content (AvgIpc) is 3.11. The first-order valence-corrected chi connectivity index (χ1v) is 11.3. The van der Waals surface area contributed by atoms with Gasteiger partial charge >= 0.3 is 51.4 Å². The number of hydrogen-bond acceptors (Lipinski definition) is 8. The number of sulfonamides is 1. The van der Waals surface area contributed by atoms with Crippen LogP contribution in [0, 0.1) is 6.92 Å². The minimum Gasteiger partial charge on any atom is -0.545 e. The van der Waals surface area contributed by atoms with E-state index in [9.17, 15) is 18.3 Å². The van der Waals surface area contributed by atoms with Gasteiger partial charge in [0.2, 0.25) is 0 Å². The summed E-state index contributed by atoms with van der Waals surface area (Å²) in [5.74, 6) is -1.07.